The molecule has 32 heavy (non-hydrogen) atoms. The zero-order valence-electron chi connectivity index (χ0n) is 19.3. The number of hydrogen-bond acceptors (Lipinski definition) is 2. The van der Waals surface area contributed by atoms with Crippen LogP contribution in [0.15, 0.2) is 83.9 Å². The molecule has 0 aliphatic heterocycles. The number of aryl methyl sites for hydroxylation is 2. The summed E-state index contributed by atoms with van der Waals surface area (Å²) in [7, 11) is 0. The van der Waals surface area contributed by atoms with E-state index in [1.165, 1.54) is 56.2 Å². The van der Waals surface area contributed by atoms with Crippen LogP contribution in [0.2, 0.25) is 0 Å². The van der Waals surface area contributed by atoms with Crippen molar-refractivity contribution in [1.29, 1.82) is 0 Å². The Hall–Kier alpha value is -1.92. The van der Waals surface area contributed by atoms with E-state index in [1.54, 1.807) is 0 Å². The molecule has 3 aromatic rings. The first-order chi connectivity index (χ1) is 15.7. The van der Waals surface area contributed by atoms with Crippen LogP contribution in [0.1, 0.15) is 48.8 Å². The van der Waals surface area contributed by atoms with Gasteiger partial charge in [0, 0.05) is 0 Å². The average Bonchev–Trinajstić information content (AvgIpc) is 2.83. The predicted octanol–water partition coefficient (Wildman–Crippen LogP) is 6.10. The summed E-state index contributed by atoms with van der Waals surface area (Å²) >= 11 is -0.572. The molecule has 0 spiro atoms. The molecule has 0 bridgehead atoms. The fraction of sp³-hybridized carbons (Fsp3) is 0.345. The second kappa shape index (κ2) is 11.8. The molecule has 0 radical (unpaired) electrons. The molecule has 3 aromatic carbocycles. The quantitative estimate of drug-likeness (QED) is 0.272. The number of nitrogens with zero attached hydrogens (tertiary/aromatic N) is 1. The van der Waals surface area contributed by atoms with Crippen molar-refractivity contribution >= 4 is 34.0 Å². The number of hydrogen-bond donors (Lipinski definition) is 1. The molecule has 3 heteroatoms. The molecule has 1 unspecified atom stereocenters. The number of benzene rings is 3. The Morgan fingerprint density at radius 2 is 1.59 bits per heavy atom. The minimum absolute atomic E-state index is 0.346. The fourth-order valence-corrected chi connectivity index (χ4v) is 7.65. The Balaban J connectivity index is 1.69. The van der Waals surface area contributed by atoms with Crippen LogP contribution in [0.3, 0.4) is 0 Å². The third-order valence-corrected chi connectivity index (χ3v) is 9.34. The average molecular weight is 538 g/mol. The van der Waals surface area contributed by atoms with Gasteiger partial charge in [0.1, 0.15) is 0 Å². The molecule has 1 fully saturated rings. The molecular weight excluding hydrogens is 504 g/mol. The van der Waals surface area contributed by atoms with Gasteiger partial charge >= 0.3 is 204 Å². The van der Waals surface area contributed by atoms with E-state index in [0.717, 1.165) is 12.2 Å². The van der Waals surface area contributed by atoms with E-state index < -0.39 is 20.9 Å². The van der Waals surface area contributed by atoms with Crippen molar-refractivity contribution in [2.45, 2.75) is 58.5 Å². The van der Waals surface area contributed by atoms with Crippen molar-refractivity contribution in [2.24, 2.45) is 10.9 Å². The van der Waals surface area contributed by atoms with Gasteiger partial charge in [0.2, 0.25) is 0 Å². The molecule has 1 aliphatic carbocycles. The van der Waals surface area contributed by atoms with E-state index in [2.05, 4.69) is 98.0 Å². The van der Waals surface area contributed by atoms with Gasteiger partial charge in [-0.2, -0.15) is 0 Å². The molecule has 1 saturated carbocycles. The van der Waals surface area contributed by atoms with E-state index in [1.807, 2.05) is 0 Å². The third-order valence-electron chi connectivity index (χ3n) is 6.30. The van der Waals surface area contributed by atoms with E-state index in [0.29, 0.717) is 12.0 Å². The van der Waals surface area contributed by atoms with E-state index in [9.17, 15) is 0 Å². The van der Waals surface area contributed by atoms with Gasteiger partial charge in [-0.15, -0.1) is 0 Å². The van der Waals surface area contributed by atoms with Crippen LogP contribution >= 0.6 is 0 Å². The number of nitrogens with one attached hydrogen (secondary N) is 1. The zero-order valence-corrected chi connectivity index (χ0v) is 21.6. The molecule has 0 aromatic heterocycles. The van der Waals surface area contributed by atoms with Gasteiger partial charge in [-0.3, -0.25) is 0 Å². The summed E-state index contributed by atoms with van der Waals surface area (Å²) in [6, 6.07) is 28.8. The van der Waals surface area contributed by atoms with Crippen molar-refractivity contribution in [1.82, 2.24) is 5.32 Å². The van der Waals surface area contributed by atoms with E-state index >= 15 is 0 Å². The van der Waals surface area contributed by atoms with Gasteiger partial charge in [0.25, 0.3) is 0 Å². The fourth-order valence-electron chi connectivity index (χ4n) is 4.56. The maximum atomic E-state index is 5.39. The Kier molecular flexibility index (Phi) is 8.57. The van der Waals surface area contributed by atoms with Crippen molar-refractivity contribution < 1.29 is 0 Å². The molecular formula is C29H34N2Te. The van der Waals surface area contributed by atoms with Crippen LogP contribution in [0.5, 0.6) is 0 Å². The van der Waals surface area contributed by atoms with E-state index in [-0.39, 0.29) is 0 Å². The van der Waals surface area contributed by atoms with Crippen molar-refractivity contribution in [3.63, 3.8) is 0 Å². The minimum atomic E-state index is -0.572. The molecule has 0 saturated heterocycles. The van der Waals surface area contributed by atoms with Crippen molar-refractivity contribution in [3.8, 4) is 0 Å². The normalized spacial score (nSPS) is 16.1. The predicted molar refractivity (Wildman–Crippen MR) is 138 cm³/mol. The van der Waals surface area contributed by atoms with Crippen LogP contribution in [0.4, 0.5) is 5.69 Å². The van der Waals surface area contributed by atoms with Crippen LogP contribution in [-0.4, -0.2) is 30.7 Å². The Morgan fingerprint density at radius 3 is 2.28 bits per heavy atom. The summed E-state index contributed by atoms with van der Waals surface area (Å²) in [6.07, 6.45) is 6.68. The molecule has 166 valence electrons. The molecule has 4 rings (SSSR count). The summed E-state index contributed by atoms with van der Waals surface area (Å²) < 4.78 is 2.86. The van der Waals surface area contributed by atoms with Gasteiger partial charge in [0.05, 0.1) is 0 Å². The van der Waals surface area contributed by atoms with Gasteiger partial charge < -0.3 is 0 Å². The second-order valence-corrected chi connectivity index (χ2v) is 12.0. The third kappa shape index (κ3) is 6.55. The summed E-state index contributed by atoms with van der Waals surface area (Å²) in [5.74, 6) is 0.672. The standard InChI is InChI=1S/C29H34N2Te/c1-22-18-19-27(23(2)20-22)31-29(32-26-16-10-5-11-17-26)28(25-14-8-4-9-15-25)30-21-24-12-6-3-7-13-24/h3,5-7,10-13,16-20,25,28,30H,4,8-9,14-15,21H2,1-2H3. The maximum absolute atomic E-state index is 5.39. The molecule has 1 aliphatic rings. The first kappa shape index (κ1) is 23.2. The Morgan fingerprint density at radius 1 is 0.906 bits per heavy atom. The molecule has 2 nitrogen and oxygen atoms in total. The van der Waals surface area contributed by atoms with Crippen LogP contribution in [0.25, 0.3) is 0 Å². The van der Waals surface area contributed by atoms with Gasteiger partial charge in [0.15, 0.2) is 0 Å². The van der Waals surface area contributed by atoms with Crippen LogP contribution in [0, 0.1) is 19.8 Å². The number of rotatable bonds is 8. The summed E-state index contributed by atoms with van der Waals surface area (Å²) in [4.78, 5) is 5.39. The van der Waals surface area contributed by atoms with Crippen molar-refractivity contribution in [3.05, 3.63) is 95.6 Å². The Bertz CT molecular complexity index is 1010. The molecule has 0 heterocycles. The SMILES string of the molecule is Cc1ccc(N=C([Te]c2ccccc2)C(NCc2ccccc2)C2CCCCC2)c(C)c1. The summed E-state index contributed by atoms with van der Waals surface area (Å²) in [5.41, 5.74) is 5.05. The summed E-state index contributed by atoms with van der Waals surface area (Å²) in [6.45, 7) is 5.25. The second-order valence-electron chi connectivity index (χ2n) is 8.90. The van der Waals surface area contributed by atoms with Gasteiger partial charge in [-0.25, -0.2) is 0 Å². The first-order valence-electron chi connectivity index (χ1n) is 11.8. The van der Waals surface area contributed by atoms with Crippen molar-refractivity contribution in [2.75, 3.05) is 0 Å². The number of aliphatic imine (C=N–C) groups is 1. The summed E-state index contributed by atoms with van der Waals surface area (Å²) in [5, 5.41) is 3.98. The zero-order chi connectivity index (χ0) is 22.2. The Labute approximate surface area is 203 Å². The topological polar surface area (TPSA) is 24.4 Å². The van der Waals surface area contributed by atoms with Gasteiger partial charge in [-0.1, -0.05) is 0 Å². The first-order valence-corrected chi connectivity index (χ1v) is 14.2. The van der Waals surface area contributed by atoms with Crippen LogP contribution < -0.4 is 8.93 Å². The van der Waals surface area contributed by atoms with Gasteiger partial charge in [-0.05, 0) is 0 Å². The van der Waals surface area contributed by atoms with Crippen LogP contribution in [-0.2, 0) is 6.54 Å². The van der Waals surface area contributed by atoms with E-state index in [4.69, 9.17) is 4.99 Å². The molecule has 0 amide bonds. The molecule has 1 N–H and O–H groups in total. The molecule has 1 atom stereocenters. The monoisotopic (exact) mass is 540 g/mol.